The van der Waals surface area contributed by atoms with Gasteiger partial charge in [0.2, 0.25) is 0 Å². The Kier molecular flexibility index (Phi) is 5.24. The van der Waals surface area contributed by atoms with E-state index in [0.717, 1.165) is 36.2 Å². The molecule has 0 bridgehead atoms. The number of rotatable bonds is 4. The fourth-order valence-electron chi connectivity index (χ4n) is 3.38. The third-order valence-corrected chi connectivity index (χ3v) is 5.03. The smallest absolute Gasteiger partial charge is 0.255 e. The monoisotopic (exact) mass is 391 g/mol. The van der Waals surface area contributed by atoms with E-state index in [4.69, 9.17) is 4.98 Å². The normalized spacial score (nSPS) is 14.5. The Labute approximate surface area is 170 Å². The Morgan fingerprint density at radius 1 is 1.07 bits per heavy atom. The number of imidazole rings is 1. The highest BCUT2D eigenvalue weighted by Gasteiger charge is 2.24. The average Bonchev–Trinajstić information content (AvgIpc) is 3.28. The molecule has 0 atom stereocenters. The van der Waals surface area contributed by atoms with E-state index in [-0.39, 0.29) is 11.8 Å². The maximum absolute atomic E-state index is 12.9. The molecule has 29 heavy (non-hydrogen) atoms. The highest BCUT2D eigenvalue weighted by atomic mass is 16.2. The van der Waals surface area contributed by atoms with Gasteiger partial charge < -0.3 is 9.80 Å². The molecule has 0 unspecified atom stereocenters. The van der Waals surface area contributed by atoms with Crippen LogP contribution in [0, 0.1) is 6.92 Å². The van der Waals surface area contributed by atoms with Crippen molar-refractivity contribution in [1.29, 1.82) is 0 Å². The first-order valence-corrected chi connectivity index (χ1v) is 9.85. The third kappa shape index (κ3) is 4.11. The molecule has 3 aromatic heterocycles. The zero-order valence-corrected chi connectivity index (χ0v) is 17.0. The summed E-state index contributed by atoms with van der Waals surface area (Å²) in [4.78, 5) is 34.6. The highest BCUT2D eigenvalue weighted by molar-refractivity contribution is 5.94. The number of piperazine rings is 1. The summed E-state index contributed by atoms with van der Waals surface area (Å²) >= 11 is 0. The van der Waals surface area contributed by atoms with Crippen molar-refractivity contribution in [3.63, 3.8) is 0 Å². The molecule has 3 aromatic rings. The van der Waals surface area contributed by atoms with Crippen LogP contribution in [-0.4, -0.2) is 61.5 Å². The largest absolute Gasteiger partial charge is 0.353 e. The molecule has 0 spiro atoms. The molecule has 0 radical (unpaired) electrons. The van der Waals surface area contributed by atoms with Crippen molar-refractivity contribution >= 4 is 11.7 Å². The van der Waals surface area contributed by atoms with E-state index in [1.54, 1.807) is 18.7 Å². The number of aryl methyl sites for hydroxylation is 1. The molecule has 0 saturated carbocycles. The summed E-state index contributed by atoms with van der Waals surface area (Å²) < 4.78 is 1.81. The summed E-state index contributed by atoms with van der Waals surface area (Å²) in [6, 6.07) is 5.67. The van der Waals surface area contributed by atoms with Crippen LogP contribution in [0.4, 0.5) is 5.82 Å². The van der Waals surface area contributed by atoms with E-state index < -0.39 is 0 Å². The maximum atomic E-state index is 12.9. The van der Waals surface area contributed by atoms with Gasteiger partial charge in [0, 0.05) is 62.4 Å². The fraction of sp³-hybridized carbons (Fsp3) is 0.381. The Morgan fingerprint density at radius 3 is 2.48 bits per heavy atom. The van der Waals surface area contributed by atoms with E-state index in [1.807, 2.05) is 40.8 Å². The summed E-state index contributed by atoms with van der Waals surface area (Å²) in [7, 11) is 0. The minimum Gasteiger partial charge on any atom is -0.353 e. The molecule has 150 valence electrons. The first-order chi connectivity index (χ1) is 14.0. The number of amides is 1. The molecule has 1 fully saturated rings. The molecule has 1 aliphatic rings. The van der Waals surface area contributed by atoms with Gasteiger partial charge in [0.05, 0.1) is 5.56 Å². The lowest BCUT2D eigenvalue weighted by Gasteiger charge is -2.35. The second-order valence-corrected chi connectivity index (χ2v) is 7.53. The van der Waals surface area contributed by atoms with Gasteiger partial charge in [-0.2, -0.15) is 0 Å². The molecule has 0 aliphatic carbocycles. The Bertz CT molecular complexity index is 975. The molecule has 0 aromatic carbocycles. The van der Waals surface area contributed by atoms with Crippen LogP contribution in [0.3, 0.4) is 0 Å². The fourth-order valence-corrected chi connectivity index (χ4v) is 3.38. The van der Waals surface area contributed by atoms with Crippen molar-refractivity contribution in [2.75, 3.05) is 31.1 Å². The number of carbonyl (C=O) groups excluding carboxylic acids is 1. The molecule has 4 rings (SSSR count). The Hall–Kier alpha value is -3.29. The van der Waals surface area contributed by atoms with E-state index in [1.165, 1.54) is 0 Å². The number of nitrogens with zero attached hydrogens (tertiary/aromatic N) is 7. The molecule has 0 N–H and O–H groups in total. The van der Waals surface area contributed by atoms with Crippen LogP contribution in [-0.2, 0) is 0 Å². The van der Waals surface area contributed by atoms with Crippen molar-refractivity contribution in [3.8, 4) is 5.82 Å². The molecular formula is C21H25N7O. The standard InChI is InChI=1S/C21H25N7O/c1-15(2)20-24-16(3)12-19(25-20)26-8-10-27(11-9-26)21(29)17-4-5-18(23-13-17)28-7-6-22-14-28/h4-7,12-15H,8-11H2,1-3H3. The van der Waals surface area contributed by atoms with Crippen molar-refractivity contribution in [2.45, 2.75) is 26.7 Å². The Morgan fingerprint density at radius 2 is 1.86 bits per heavy atom. The van der Waals surface area contributed by atoms with E-state index >= 15 is 0 Å². The van der Waals surface area contributed by atoms with Gasteiger partial charge in [-0.15, -0.1) is 0 Å². The van der Waals surface area contributed by atoms with Crippen LogP contribution in [0.25, 0.3) is 5.82 Å². The minimum atomic E-state index is 0.0102. The predicted molar refractivity (Wildman–Crippen MR) is 110 cm³/mol. The van der Waals surface area contributed by atoms with Crippen LogP contribution in [0.2, 0.25) is 0 Å². The third-order valence-electron chi connectivity index (χ3n) is 5.03. The minimum absolute atomic E-state index is 0.0102. The molecule has 4 heterocycles. The average molecular weight is 391 g/mol. The summed E-state index contributed by atoms with van der Waals surface area (Å²) in [6.45, 7) is 9.00. The molecular weight excluding hydrogens is 366 g/mol. The van der Waals surface area contributed by atoms with Gasteiger partial charge in [-0.05, 0) is 19.1 Å². The number of carbonyl (C=O) groups is 1. The predicted octanol–water partition coefficient (Wildman–Crippen LogP) is 2.45. The van der Waals surface area contributed by atoms with Crippen LogP contribution >= 0.6 is 0 Å². The Balaban J connectivity index is 1.41. The lowest BCUT2D eigenvalue weighted by atomic mass is 10.2. The molecule has 1 amide bonds. The maximum Gasteiger partial charge on any atom is 0.255 e. The quantitative estimate of drug-likeness (QED) is 0.680. The van der Waals surface area contributed by atoms with Gasteiger partial charge in [-0.3, -0.25) is 9.36 Å². The van der Waals surface area contributed by atoms with E-state index in [9.17, 15) is 4.79 Å². The number of anilines is 1. The van der Waals surface area contributed by atoms with Gasteiger partial charge in [-0.25, -0.2) is 19.9 Å². The topological polar surface area (TPSA) is 80.0 Å². The van der Waals surface area contributed by atoms with Gasteiger partial charge in [0.15, 0.2) is 0 Å². The SMILES string of the molecule is Cc1cc(N2CCN(C(=O)c3ccc(-n4ccnc4)nc3)CC2)nc(C(C)C)n1. The summed E-state index contributed by atoms with van der Waals surface area (Å²) in [5.74, 6) is 2.84. The number of aromatic nitrogens is 5. The van der Waals surface area contributed by atoms with E-state index in [0.29, 0.717) is 18.7 Å². The van der Waals surface area contributed by atoms with Crippen LogP contribution in [0.1, 0.15) is 41.6 Å². The van der Waals surface area contributed by atoms with Gasteiger partial charge in [0.1, 0.15) is 23.8 Å². The van der Waals surface area contributed by atoms with Crippen LogP contribution in [0.5, 0.6) is 0 Å². The summed E-state index contributed by atoms with van der Waals surface area (Å²) in [6.07, 6.45) is 6.83. The molecule has 1 saturated heterocycles. The second-order valence-electron chi connectivity index (χ2n) is 7.53. The van der Waals surface area contributed by atoms with Crippen molar-refractivity contribution in [1.82, 2.24) is 29.4 Å². The zero-order chi connectivity index (χ0) is 20.4. The highest BCUT2D eigenvalue weighted by Crippen LogP contribution is 2.19. The molecule has 1 aliphatic heterocycles. The first kappa shape index (κ1) is 19.0. The summed E-state index contributed by atoms with van der Waals surface area (Å²) in [5.41, 5.74) is 1.57. The summed E-state index contributed by atoms with van der Waals surface area (Å²) in [5, 5.41) is 0. The number of hydrogen-bond acceptors (Lipinski definition) is 6. The van der Waals surface area contributed by atoms with Crippen LogP contribution < -0.4 is 4.90 Å². The van der Waals surface area contributed by atoms with Crippen molar-refractivity contribution in [2.24, 2.45) is 0 Å². The lowest BCUT2D eigenvalue weighted by Crippen LogP contribution is -2.49. The molecule has 8 nitrogen and oxygen atoms in total. The number of pyridine rings is 1. The number of hydrogen-bond donors (Lipinski definition) is 0. The second kappa shape index (κ2) is 7.98. The molecule has 8 heteroatoms. The van der Waals surface area contributed by atoms with Gasteiger partial charge in [-0.1, -0.05) is 13.8 Å². The van der Waals surface area contributed by atoms with Crippen molar-refractivity contribution in [3.05, 3.63) is 60.2 Å². The van der Waals surface area contributed by atoms with Crippen molar-refractivity contribution < 1.29 is 4.79 Å². The zero-order valence-electron chi connectivity index (χ0n) is 17.0. The van der Waals surface area contributed by atoms with E-state index in [2.05, 4.69) is 33.7 Å². The first-order valence-electron chi connectivity index (χ1n) is 9.85. The van der Waals surface area contributed by atoms with Gasteiger partial charge >= 0.3 is 0 Å². The van der Waals surface area contributed by atoms with Gasteiger partial charge in [0.25, 0.3) is 5.91 Å². The lowest BCUT2D eigenvalue weighted by molar-refractivity contribution is 0.0746. The van der Waals surface area contributed by atoms with Crippen LogP contribution in [0.15, 0.2) is 43.1 Å².